The van der Waals surface area contributed by atoms with Gasteiger partial charge in [0.05, 0.1) is 5.56 Å². The second kappa shape index (κ2) is 7.36. The van der Waals surface area contributed by atoms with Gasteiger partial charge in [0.1, 0.15) is 0 Å². The minimum Gasteiger partial charge on any atom is -0.441 e. The van der Waals surface area contributed by atoms with E-state index in [9.17, 15) is 9.36 Å². The molecule has 0 unspecified atom stereocenters. The molecular formula is C16H17O5P. The van der Waals surface area contributed by atoms with Crippen molar-refractivity contribution < 1.29 is 23.1 Å². The second-order valence-electron chi connectivity index (χ2n) is 4.44. The summed E-state index contributed by atoms with van der Waals surface area (Å²) in [6, 6.07) is 17.2. The molecular weight excluding hydrogens is 303 g/mol. The zero-order valence-electron chi connectivity index (χ0n) is 12.3. The van der Waals surface area contributed by atoms with Crippen LogP contribution in [-0.4, -0.2) is 20.2 Å². The highest BCUT2D eigenvalue weighted by Crippen LogP contribution is 2.60. The maximum absolute atomic E-state index is 12.7. The van der Waals surface area contributed by atoms with E-state index < -0.39 is 19.4 Å². The van der Waals surface area contributed by atoms with E-state index in [1.165, 1.54) is 14.2 Å². The van der Waals surface area contributed by atoms with Crippen LogP contribution in [0.5, 0.6) is 0 Å². The lowest BCUT2D eigenvalue weighted by molar-refractivity contribution is 0.0381. The Bertz CT molecular complexity index is 649. The fourth-order valence-corrected chi connectivity index (χ4v) is 3.24. The van der Waals surface area contributed by atoms with Crippen molar-refractivity contribution >= 4 is 13.6 Å². The summed E-state index contributed by atoms with van der Waals surface area (Å²) in [4.78, 5) is 12.3. The van der Waals surface area contributed by atoms with Crippen molar-refractivity contribution in [2.24, 2.45) is 0 Å². The van der Waals surface area contributed by atoms with E-state index in [1.807, 2.05) is 6.07 Å². The molecule has 22 heavy (non-hydrogen) atoms. The molecule has 0 aliphatic carbocycles. The molecule has 0 radical (unpaired) electrons. The molecule has 116 valence electrons. The van der Waals surface area contributed by atoms with Gasteiger partial charge in [0, 0.05) is 19.8 Å². The SMILES string of the molecule is COP(=O)(OC)[C@@H](OC(=O)c1ccccc1)c1ccccc1. The van der Waals surface area contributed by atoms with E-state index in [2.05, 4.69) is 0 Å². The molecule has 2 aromatic carbocycles. The highest BCUT2D eigenvalue weighted by atomic mass is 31.2. The molecule has 0 heterocycles. The summed E-state index contributed by atoms with van der Waals surface area (Å²) in [6.45, 7) is 0. The van der Waals surface area contributed by atoms with Crippen LogP contribution in [0.25, 0.3) is 0 Å². The van der Waals surface area contributed by atoms with E-state index in [1.54, 1.807) is 54.6 Å². The van der Waals surface area contributed by atoms with Gasteiger partial charge in [-0.05, 0) is 12.1 Å². The number of carbonyl (C=O) groups excluding carboxylic acids is 1. The zero-order chi connectivity index (χ0) is 16.0. The predicted octanol–water partition coefficient (Wildman–Crippen LogP) is 4.03. The van der Waals surface area contributed by atoms with Gasteiger partial charge in [0.2, 0.25) is 5.85 Å². The Hall–Kier alpha value is -1.94. The monoisotopic (exact) mass is 320 g/mol. The van der Waals surface area contributed by atoms with Gasteiger partial charge in [-0.2, -0.15) is 0 Å². The van der Waals surface area contributed by atoms with Gasteiger partial charge in [0.25, 0.3) is 0 Å². The van der Waals surface area contributed by atoms with Crippen LogP contribution in [-0.2, 0) is 18.3 Å². The number of carbonyl (C=O) groups is 1. The molecule has 2 aromatic rings. The molecule has 2 rings (SSSR count). The van der Waals surface area contributed by atoms with Crippen LogP contribution in [0.2, 0.25) is 0 Å². The molecule has 0 amide bonds. The van der Waals surface area contributed by atoms with E-state index in [0.717, 1.165) is 0 Å². The Balaban J connectivity index is 2.34. The molecule has 0 spiro atoms. The first kappa shape index (κ1) is 16.4. The smallest absolute Gasteiger partial charge is 0.375 e. The summed E-state index contributed by atoms with van der Waals surface area (Å²) in [5, 5.41) is 0. The number of hydrogen-bond donors (Lipinski definition) is 0. The van der Waals surface area contributed by atoms with Crippen LogP contribution in [0.15, 0.2) is 60.7 Å². The van der Waals surface area contributed by atoms with Gasteiger partial charge in [-0.3, -0.25) is 4.57 Å². The zero-order valence-corrected chi connectivity index (χ0v) is 13.2. The Morgan fingerprint density at radius 3 is 1.91 bits per heavy atom. The number of hydrogen-bond acceptors (Lipinski definition) is 5. The Kier molecular flexibility index (Phi) is 5.50. The highest BCUT2D eigenvalue weighted by molar-refractivity contribution is 7.54. The maximum atomic E-state index is 12.7. The molecule has 0 bridgehead atoms. The van der Waals surface area contributed by atoms with Gasteiger partial charge < -0.3 is 13.8 Å². The normalized spacial score (nSPS) is 12.6. The van der Waals surface area contributed by atoms with Crippen molar-refractivity contribution in [2.45, 2.75) is 5.85 Å². The van der Waals surface area contributed by atoms with Crippen LogP contribution >= 0.6 is 7.60 Å². The van der Waals surface area contributed by atoms with Crippen molar-refractivity contribution in [1.82, 2.24) is 0 Å². The van der Waals surface area contributed by atoms with Crippen LogP contribution in [0.1, 0.15) is 21.8 Å². The summed E-state index contributed by atoms with van der Waals surface area (Å²) in [5.74, 6) is -1.72. The first-order valence-corrected chi connectivity index (χ1v) is 8.24. The van der Waals surface area contributed by atoms with Crippen molar-refractivity contribution in [3.63, 3.8) is 0 Å². The quantitative estimate of drug-likeness (QED) is 0.594. The summed E-state index contributed by atoms with van der Waals surface area (Å²) < 4.78 is 28.1. The Labute approximate surface area is 129 Å². The van der Waals surface area contributed by atoms with Gasteiger partial charge in [0.15, 0.2) is 0 Å². The van der Waals surface area contributed by atoms with Gasteiger partial charge in [-0.25, -0.2) is 4.79 Å². The molecule has 0 saturated heterocycles. The Morgan fingerprint density at radius 2 is 1.41 bits per heavy atom. The molecule has 0 fully saturated rings. The summed E-state index contributed by atoms with van der Waals surface area (Å²) in [7, 11) is -1.11. The van der Waals surface area contributed by atoms with Gasteiger partial charge >= 0.3 is 13.6 Å². The van der Waals surface area contributed by atoms with Crippen LogP contribution in [0.4, 0.5) is 0 Å². The van der Waals surface area contributed by atoms with Crippen molar-refractivity contribution in [1.29, 1.82) is 0 Å². The third kappa shape index (κ3) is 3.63. The molecule has 0 N–H and O–H groups in total. The molecule has 0 saturated carbocycles. The standard InChI is InChI=1S/C16H17O5P/c1-19-22(18,20-2)16(14-11-7-4-8-12-14)21-15(17)13-9-5-3-6-10-13/h3-12,16H,1-2H3/t16-/m1/s1. The summed E-state index contributed by atoms with van der Waals surface area (Å²) in [5.41, 5.74) is 0.904. The number of benzene rings is 2. The highest BCUT2D eigenvalue weighted by Gasteiger charge is 2.39. The number of rotatable bonds is 6. The van der Waals surface area contributed by atoms with Gasteiger partial charge in [-0.15, -0.1) is 0 Å². The fourth-order valence-electron chi connectivity index (χ4n) is 1.94. The van der Waals surface area contributed by atoms with Crippen molar-refractivity contribution in [3.8, 4) is 0 Å². The lowest BCUT2D eigenvalue weighted by Gasteiger charge is -2.24. The largest absolute Gasteiger partial charge is 0.441 e. The first-order valence-electron chi connectivity index (χ1n) is 6.63. The van der Waals surface area contributed by atoms with Crippen molar-refractivity contribution in [3.05, 3.63) is 71.8 Å². The minimum atomic E-state index is -3.63. The van der Waals surface area contributed by atoms with Crippen LogP contribution in [0, 0.1) is 0 Å². The minimum absolute atomic E-state index is 0.363. The molecule has 0 aliphatic heterocycles. The average molecular weight is 320 g/mol. The fraction of sp³-hybridized carbons (Fsp3) is 0.188. The number of ether oxygens (including phenoxy) is 1. The van der Waals surface area contributed by atoms with E-state index in [0.29, 0.717) is 11.1 Å². The van der Waals surface area contributed by atoms with E-state index >= 15 is 0 Å². The topological polar surface area (TPSA) is 61.8 Å². The number of esters is 1. The van der Waals surface area contributed by atoms with Gasteiger partial charge in [-0.1, -0.05) is 48.5 Å². The third-order valence-electron chi connectivity index (χ3n) is 3.11. The molecule has 6 heteroatoms. The lowest BCUT2D eigenvalue weighted by atomic mass is 10.2. The Morgan fingerprint density at radius 1 is 0.909 bits per heavy atom. The lowest BCUT2D eigenvalue weighted by Crippen LogP contribution is -2.14. The van der Waals surface area contributed by atoms with Crippen LogP contribution < -0.4 is 0 Å². The van der Waals surface area contributed by atoms with E-state index in [-0.39, 0.29) is 0 Å². The summed E-state index contributed by atoms with van der Waals surface area (Å²) in [6.07, 6.45) is 0. The molecule has 5 nitrogen and oxygen atoms in total. The first-order chi connectivity index (χ1) is 10.6. The molecule has 1 atom stereocenters. The average Bonchev–Trinajstić information content (AvgIpc) is 2.60. The van der Waals surface area contributed by atoms with E-state index in [4.69, 9.17) is 13.8 Å². The maximum Gasteiger partial charge on any atom is 0.375 e. The second-order valence-corrected chi connectivity index (χ2v) is 6.72. The molecule has 0 aromatic heterocycles. The van der Waals surface area contributed by atoms with Crippen LogP contribution in [0.3, 0.4) is 0 Å². The predicted molar refractivity (Wildman–Crippen MR) is 82.7 cm³/mol. The van der Waals surface area contributed by atoms with Crippen molar-refractivity contribution in [2.75, 3.05) is 14.2 Å². The molecule has 0 aliphatic rings. The summed E-state index contributed by atoms with van der Waals surface area (Å²) >= 11 is 0. The third-order valence-corrected chi connectivity index (χ3v) is 5.10.